The highest BCUT2D eigenvalue weighted by molar-refractivity contribution is 7.89. The summed E-state index contributed by atoms with van der Waals surface area (Å²) in [6.07, 6.45) is 0.647. The molecule has 0 spiro atoms. The minimum Gasteiger partial charge on any atom is -0.325 e. The number of rotatable bonds is 7. The highest BCUT2D eigenvalue weighted by atomic mass is 32.2. The Kier molecular flexibility index (Phi) is 7.00. The number of fused-ring (bicyclic) bond motifs is 1. The van der Waals surface area contributed by atoms with E-state index in [9.17, 15) is 22.4 Å². The van der Waals surface area contributed by atoms with E-state index < -0.39 is 27.8 Å². The number of nitrogens with one attached hydrogen (secondary N) is 2. The molecule has 7 nitrogen and oxygen atoms in total. The number of hydrogen-bond donors (Lipinski definition) is 2. The molecule has 1 aliphatic rings. The fourth-order valence-electron chi connectivity index (χ4n) is 4.07. The lowest BCUT2D eigenvalue weighted by atomic mass is 10.1. The highest BCUT2D eigenvalue weighted by Gasteiger charge is 2.29. The lowest BCUT2D eigenvalue weighted by molar-refractivity contribution is -0.118. The first-order chi connectivity index (χ1) is 16.6. The fourth-order valence-corrected chi connectivity index (χ4v) is 5.31. The monoisotopic (exact) mass is 495 g/mol. The van der Waals surface area contributed by atoms with Gasteiger partial charge in [-0.2, -0.15) is 4.72 Å². The number of hydrogen-bond acceptors (Lipinski definition) is 4. The van der Waals surface area contributed by atoms with Crippen molar-refractivity contribution in [1.82, 2.24) is 4.72 Å². The molecule has 0 radical (unpaired) electrons. The summed E-state index contributed by atoms with van der Waals surface area (Å²) in [5, 5.41) is 2.61. The zero-order chi connectivity index (χ0) is 25.2. The summed E-state index contributed by atoms with van der Waals surface area (Å²) in [7, 11) is -4.08. The van der Waals surface area contributed by atoms with Gasteiger partial charge in [-0.1, -0.05) is 36.4 Å². The van der Waals surface area contributed by atoms with E-state index in [4.69, 9.17) is 0 Å². The van der Waals surface area contributed by atoms with Gasteiger partial charge in [0.25, 0.3) is 0 Å². The summed E-state index contributed by atoms with van der Waals surface area (Å²) < 4.78 is 43.0. The molecule has 182 valence electrons. The average molecular weight is 496 g/mol. The summed E-state index contributed by atoms with van der Waals surface area (Å²) in [6, 6.07) is 16.7. The van der Waals surface area contributed by atoms with Crippen molar-refractivity contribution in [3.05, 3.63) is 89.2 Å². The Morgan fingerprint density at radius 2 is 1.80 bits per heavy atom. The molecule has 3 aromatic carbocycles. The first kappa shape index (κ1) is 24.6. The number of sulfonamides is 1. The van der Waals surface area contributed by atoms with Gasteiger partial charge in [-0.3, -0.25) is 9.59 Å². The molecule has 0 fully saturated rings. The number of benzene rings is 3. The van der Waals surface area contributed by atoms with Crippen LogP contribution in [-0.2, 0) is 32.5 Å². The van der Waals surface area contributed by atoms with Crippen LogP contribution in [-0.4, -0.2) is 32.8 Å². The van der Waals surface area contributed by atoms with Crippen LogP contribution in [0.4, 0.5) is 15.8 Å². The Hall–Kier alpha value is -3.56. The predicted molar refractivity (Wildman–Crippen MR) is 132 cm³/mol. The quantitative estimate of drug-likeness (QED) is 0.524. The number of aryl methyl sites for hydroxylation is 1. The van der Waals surface area contributed by atoms with E-state index in [2.05, 4.69) is 10.0 Å². The number of carbonyl (C=O) groups excluding carboxylic acids is 2. The largest absolute Gasteiger partial charge is 0.325 e. The molecule has 1 aliphatic heterocycles. The van der Waals surface area contributed by atoms with Crippen LogP contribution < -0.4 is 14.9 Å². The molecule has 35 heavy (non-hydrogen) atoms. The SMILES string of the molecule is CC(=O)N1CCc2cc(S(=O)(=O)NC(Cc3ccccc3)C(=O)Nc3ccc(C)c(F)c3)ccc21. The zero-order valence-corrected chi connectivity index (χ0v) is 20.2. The number of nitrogens with zero attached hydrogens (tertiary/aromatic N) is 1. The molecule has 2 amide bonds. The van der Waals surface area contributed by atoms with Crippen LogP contribution in [0.5, 0.6) is 0 Å². The van der Waals surface area contributed by atoms with Crippen molar-refractivity contribution in [3.63, 3.8) is 0 Å². The second-order valence-electron chi connectivity index (χ2n) is 8.53. The van der Waals surface area contributed by atoms with E-state index in [1.165, 1.54) is 31.2 Å². The topological polar surface area (TPSA) is 95.6 Å². The third-order valence-corrected chi connectivity index (χ3v) is 7.44. The van der Waals surface area contributed by atoms with Gasteiger partial charge in [0.1, 0.15) is 11.9 Å². The Balaban J connectivity index is 1.60. The molecule has 0 bridgehead atoms. The molecule has 2 N–H and O–H groups in total. The van der Waals surface area contributed by atoms with Gasteiger partial charge >= 0.3 is 0 Å². The Labute approximate surface area is 204 Å². The Bertz CT molecular complexity index is 1380. The molecule has 1 heterocycles. The molecule has 0 saturated heterocycles. The average Bonchev–Trinajstić information content (AvgIpc) is 3.25. The normalized spacial score (nSPS) is 13.9. The van der Waals surface area contributed by atoms with E-state index in [-0.39, 0.29) is 22.9 Å². The minimum atomic E-state index is -4.08. The fraction of sp³-hybridized carbons (Fsp3) is 0.231. The summed E-state index contributed by atoms with van der Waals surface area (Å²) in [4.78, 5) is 26.5. The first-order valence-electron chi connectivity index (χ1n) is 11.2. The van der Waals surface area contributed by atoms with Crippen molar-refractivity contribution in [2.45, 2.75) is 37.6 Å². The summed E-state index contributed by atoms with van der Waals surface area (Å²) in [5.41, 5.74) is 2.87. The smallest absolute Gasteiger partial charge is 0.242 e. The first-order valence-corrected chi connectivity index (χ1v) is 12.7. The number of carbonyl (C=O) groups is 2. The molecule has 0 aromatic heterocycles. The molecule has 1 unspecified atom stereocenters. The van der Waals surface area contributed by atoms with Gasteiger partial charge < -0.3 is 10.2 Å². The van der Waals surface area contributed by atoms with Gasteiger partial charge in [0.05, 0.1) is 4.90 Å². The maximum Gasteiger partial charge on any atom is 0.242 e. The highest BCUT2D eigenvalue weighted by Crippen LogP contribution is 2.30. The summed E-state index contributed by atoms with van der Waals surface area (Å²) >= 11 is 0. The van der Waals surface area contributed by atoms with Gasteiger partial charge in [-0.05, 0) is 66.8 Å². The van der Waals surface area contributed by atoms with Crippen LogP contribution in [0.25, 0.3) is 0 Å². The third kappa shape index (κ3) is 5.58. The maximum absolute atomic E-state index is 14.0. The van der Waals surface area contributed by atoms with E-state index in [0.29, 0.717) is 24.2 Å². The van der Waals surface area contributed by atoms with Crippen molar-refractivity contribution in [2.75, 3.05) is 16.8 Å². The van der Waals surface area contributed by atoms with Crippen molar-refractivity contribution in [1.29, 1.82) is 0 Å². The van der Waals surface area contributed by atoms with Gasteiger partial charge in [-0.15, -0.1) is 0 Å². The number of halogens is 1. The second-order valence-corrected chi connectivity index (χ2v) is 10.2. The van der Waals surface area contributed by atoms with Crippen molar-refractivity contribution in [2.24, 2.45) is 0 Å². The van der Waals surface area contributed by atoms with Crippen LogP contribution in [0.1, 0.15) is 23.6 Å². The molecule has 1 atom stereocenters. The Morgan fingerprint density at radius 3 is 2.49 bits per heavy atom. The van der Waals surface area contributed by atoms with Crippen molar-refractivity contribution >= 4 is 33.2 Å². The van der Waals surface area contributed by atoms with Crippen LogP contribution in [0, 0.1) is 12.7 Å². The maximum atomic E-state index is 14.0. The van der Waals surface area contributed by atoms with Crippen LogP contribution in [0.15, 0.2) is 71.6 Å². The summed E-state index contributed by atoms with van der Waals surface area (Å²) in [6.45, 7) is 3.57. The molecule has 9 heteroatoms. The predicted octanol–water partition coefficient (Wildman–Crippen LogP) is 3.57. The van der Waals surface area contributed by atoms with Gasteiger partial charge in [-0.25, -0.2) is 12.8 Å². The number of anilines is 2. The Morgan fingerprint density at radius 1 is 1.06 bits per heavy atom. The van der Waals surface area contributed by atoms with E-state index in [1.54, 1.807) is 48.2 Å². The van der Waals surface area contributed by atoms with E-state index in [0.717, 1.165) is 11.1 Å². The van der Waals surface area contributed by atoms with Gasteiger partial charge in [0.15, 0.2) is 0 Å². The van der Waals surface area contributed by atoms with Crippen molar-refractivity contribution in [3.8, 4) is 0 Å². The number of amides is 2. The lowest BCUT2D eigenvalue weighted by Gasteiger charge is -2.20. The molecule has 0 saturated carbocycles. The van der Waals surface area contributed by atoms with Gasteiger partial charge in [0, 0.05) is 24.8 Å². The van der Waals surface area contributed by atoms with E-state index in [1.807, 2.05) is 6.07 Å². The summed E-state index contributed by atoms with van der Waals surface area (Å²) in [5.74, 6) is -1.19. The second kappa shape index (κ2) is 9.97. The molecule has 4 rings (SSSR count). The standard InChI is InChI=1S/C26H26FN3O4S/c1-17-8-9-21(16-23(17)27)28-26(32)24(14-19-6-4-3-5-7-19)29-35(33,34)22-10-11-25-20(15-22)12-13-30(25)18(2)31/h3-11,15-16,24,29H,12-14H2,1-2H3,(H,28,32). The molecular formula is C26H26FN3O4S. The molecule has 0 aliphatic carbocycles. The van der Waals surface area contributed by atoms with E-state index >= 15 is 0 Å². The molecule has 3 aromatic rings. The van der Waals surface area contributed by atoms with Crippen LogP contribution in [0.3, 0.4) is 0 Å². The zero-order valence-electron chi connectivity index (χ0n) is 19.4. The molecular weight excluding hydrogens is 469 g/mol. The lowest BCUT2D eigenvalue weighted by Crippen LogP contribution is -2.45. The van der Waals surface area contributed by atoms with Gasteiger partial charge in [0.2, 0.25) is 21.8 Å². The van der Waals surface area contributed by atoms with Crippen LogP contribution in [0.2, 0.25) is 0 Å². The van der Waals surface area contributed by atoms with Crippen molar-refractivity contribution < 1.29 is 22.4 Å². The third-order valence-electron chi connectivity index (χ3n) is 5.97. The van der Waals surface area contributed by atoms with Crippen LogP contribution >= 0.6 is 0 Å². The minimum absolute atomic E-state index is 0.00824.